The average Bonchev–Trinajstić information content (AvgIpc) is 3.18. The zero-order valence-corrected chi connectivity index (χ0v) is 18.4. The van der Waals surface area contributed by atoms with Gasteiger partial charge in [0.2, 0.25) is 0 Å². The molecule has 1 saturated heterocycles. The van der Waals surface area contributed by atoms with Crippen LogP contribution in [-0.2, 0) is 4.74 Å². The third kappa shape index (κ3) is 4.93. The maximum Gasteiger partial charge on any atom is 0.338 e. The molecule has 0 amide bonds. The molecule has 1 aliphatic heterocycles. The number of nitrogens with zero attached hydrogens (tertiary/aromatic N) is 2. The Hall–Kier alpha value is -2.60. The summed E-state index contributed by atoms with van der Waals surface area (Å²) in [5.74, 6) is 1.08. The zero-order chi connectivity index (χ0) is 20.9. The Bertz CT molecular complexity index is 1010. The molecule has 3 aromatic rings. The first-order valence-electron chi connectivity index (χ1n) is 10.6. The largest absolute Gasteiger partial charge is 0.494 e. The molecule has 5 nitrogen and oxygen atoms in total. The van der Waals surface area contributed by atoms with Gasteiger partial charge in [-0.2, -0.15) is 0 Å². The highest BCUT2D eigenvalue weighted by atomic mass is 32.1. The van der Waals surface area contributed by atoms with Gasteiger partial charge in [-0.25, -0.2) is 9.78 Å². The molecule has 0 radical (unpaired) electrons. The van der Waals surface area contributed by atoms with Crippen LogP contribution < -0.4 is 9.64 Å². The Morgan fingerprint density at radius 3 is 2.83 bits per heavy atom. The molecule has 2 aromatic carbocycles. The first-order chi connectivity index (χ1) is 14.6. The van der Waals surface area contributed by atoms with E-state index in [2.05, 4.69) is 30.0 Å². The first kappa shape index (κ1) is 20.7. The van der Waals surface area contributed by atoms with E-state index < -0.39 is 0 Å². The number of rotatable bonds is 7. The number of anilines is 1. The van der Waals surface area contributed by atoms with E-state index in [0.29, 0.717) is 24.7 Å². The molecule has 4 rings (SSSR count). The van der Waals surface area contributed by atoms with Crippen LogP contribution in [-0.4, -0.2) is 37.3 Å². The fraction of sp³-hybridized carbons (Fsp3) is 0.417. The molecule has 0 aliphatic carbocycles. The molecule has 1 aliphatic rings. The minimum absolute atomic E-state index is 0.305. The van der Waals surface area contributed by atoms with E-state index in [1.807, 2.05) is 12.1 Å². The van der Waals surface area contributed by atoms with Crippen LogP contribution in [0.2, 0.25) is 0 Å². The van der Waals surface area contributed by atoms with E-state index in [1.165, 1.54) is 10.3 Å². The summed E-state index contributed by atoms with van der Waals surface area (Å²) < 4.78 is 12.2. The minimum Gasteiger partial charge on any atom is -0.494 e. The van der Waals surface area contributed by atoms with Gasteiger partial charge in [0.15, 0.2) is 5.13 Å². The zero-order valence-electron chi connectivity index (χ0n) is 17.6. The molecule has 0 N–H and O–H groups in total. The highest BCUT2D eigenvalue weighted by Gasteiger charge is 2.21. The fourth-order valence-corrected chi connectivity index (χ4v) is 4.95. The summed E-state index contributed by atoms with van der Waals surface area (Å²) in [6, 6.07) is 13.7. The van der Waals surface area contributed by atoms with Crippen molar-refractivity contribution in [1.82, 2.24) is 4.98 Å². The number of ether oxygens (including phenoxy) is 2. The van der Waals surface area contributed by atoms with Crippen LogP contribution in [0.3, 0.4) is 0 Å². The molecule has 0 bridgehead atoms. The number of esters is 1. The number of carbonyl (C=O) groups is 1. The number of thiazole rings is 1. The summed E-state index contributed by atoms with van der Waals surface area (Å²) in [6.45, 7) is 7.06. The number of benzene rings is 2. The standard InChI is InChI=1S/C24H28N2O3S/c1-3-28-23(27)19-5-4-6-20(16-19)29-14-11-18-9-12-26(13-10-18)24-25-21-8-7-17(2)15-22(21)30-24/h4-8,15-16,18H,3,9-14H2,1-2H3. The highest BCUT2D eigenvalue weighted by Crippen LogP contribution is 2.32. The lowest BCUT2D eigenvalue weighted by molar-refractivity contribution is 0.0526. The average molecular weight is 425 g/mol. The van der Waals surface area contributed by atoms with Crippen LogP contribution in [0, 0.1) is 12.8 Å². The van der Waals surface area contributed by atoms with Crippen LogP contribution in [0.1, 0.15) is 42.1 Å². The second kappa shape index (κ2) is 9.47. The lowest BCUT2D eigenvalue weighted by Crippen LogP contribution is -2.34. The molecule has 0 atom stereocenters. The second-order valence-electron chi connectivity index (χ2n) is 7.78. The molecular formula is C24H28N2O3S. The topological polar surface area (TPSA) is 51.7 Å². The lowest BCUT2D eigenvalue weighted by Gasteiger charge is -2.31. The van der Waals surface area contributed by atoms with Crippen LogP contribution in [0.25, 0.3) is 10.2 Å². The van der Waals surface area contributed by atoms with Crippen molar-refractivity contribution >= 4 is 32.7 Å². The summed E-state index contributed by atoms with van der Waals surface area (Å²) in [5, 5.41) is 1.14. The molecule has 0 spiro atoms. The molecule has 6 heteroatoms. The fourth-order valence-electron chi connectivity index (χ4n) is 3.84. The molecular weight excluding hydrogens is 396 g/mol. The van der Waals surface area contributed by atoms with Crippen LogP contribution in [0.15, 0.2) is 42.5 Å². The number of hydrogen-bond acceptors (Lipinski definition) is 6. The number of carbonyl (C=O) groups excluding carboxylic acids is 1. The van der Waals surface area contributed by atoms with Crippen molar-refractivity contribution in [3.63, 3.8) is 0 Å². The number of aromatic nitrogens is 1. The summed E-state index contributed by atoms with van der Waals surface area (Å²) in [5.41, 5.74) is 2.92. The van der Waals surface area contributed by atoms with Crippen molar-refractivity contribution in [3.05, 3.63) is 53.6 Å². The monoisotopic (exact) mass is 424 g/mol. The van der Waals surface area contributed by atoms with Gasteiger partial charge >= 0.3 is 5.97 Å². The van der Waals surface area contributed by atoms with Gasteiger partial charge in [0, 0.05) is 13.1 Å². The summed E-state index contributed by atoms with van der Waals surface area (Å²) in [7, 11) is 0. The van der Waals surface area contributed by atoms with Gasteiger partial charge in [-0.1, -0.05) is 23.5 Å². The van der Waals surface area contributed by atoms with Gasteiger partial charge in [0.05, 0.1) is 29.0 Å². The third-order valence-electron chi connectivity index (χ3n) is 5.56. The van der Waals surface area contributed by atoms with Crippen molar-refractivity contribution in [2.45, 2.75) is 33.1 Å². The maximum absolute atomic E-state index is 11.9. The van der Waals surface area contributed by atoms with Gasteiger partial charge in [-0.15, -0.1) is 0 Å². The Morgan fingerprint density at radius 1 is 1.20 bits per heavy atom. The number of hydrogen-bond donors (Lipinski definition) is 0. The Balaban J connectivity index is 1.25. The van der Waals surface area contributed by atoms with E-state index >= 15 is 0 Å². The van der Waals surface area contributed by atoms with E-state index in [1.54, 1.807) is 30.4 Å². The van der Waals surface area contributed by atoms with E-state index in [4.69, 9.17) is 14.5 Å². The molecule has 0 unspecified atom stereocenters. The first-order valence-corrected chi connectivity index (χ1v) is 11.5. The maximum atomic E-state index is 11.9. The molecule has 2 heterocycles. The van der Waals surface area contributed by atoms with Gasteiger partial charge < -0.3 is 14.4 Å². The predicted molar refractivity (Wildman–Crippen MR) is 122 cm³/mol. The van der Waals surface area contributed by atoms with Gasteiger partial charge in [-0.05, 0) is 74.9 Å². The normalized spacial score (nSPS) is 14.8. The van der Waals surface area contributed by atoms with E-state index in [-0.39, 0.29) is 5.97 Å². The minimum atomic E-state index is -0.305. The van der Waals surface area contributed by atoms with Crippen molar-refractivity contribution in [1.29, 1.82) is 0 Å². The summed E-state index contributed by atoms with van der Waals surface area (Å²) in [6.07, 6.45) is 3.33. The van der Waals surface area contributed by atoms with Crippen molar-refractivity contribution in [2.75, 3.05) is 31.2 Å². The van der Waals surface area contributed by atoms with Gasteiger partial charge in [-0.3, -0.25) is 0 Å². The lowest BCUT2D eigenvalue weighted by atomic mass is 9.94. The molecule has 30 heavy (non-hydrogen) atoms. The van der Waals surface area contributed by atoms with E-state index in [0.717, 1.165) is 48.7 Å². The Labute approximate surface area is 181 Å². The SMILES string of the molecule is CCOC(=O)c1cccc(OCCC2CCN(c3nc4ccc(C)cc4s3)CC2)c1. The van der Waals surface area contributed by atoms with Crippen molar-refractivity contribution in [3.8, 4) is 5.75 Å². The summed E-state index contributed by atoms with van der Waals surface area (Å²) in [4.78, 5) is 19.1. The molecule has 1 fully saturated rings. The molecule has 0 saturated carbocycles. The van der Waals surface area contributed by atoms with Crippen molar-refractivity contribution < 1.29 is 14.3 Å². The number of piperidine rings is 1. The Morgan fingerprint density at radius 2 is 2.03 bits per heavy atom. The van der Waals surface area contributed by atoms with Gasteiger partial charge in [0.25, 0.3) is 0 Å². The quantitative estimate of drug-likeness (QED) is 0.471. The van der Waals surface area contributed by atoms with Crippen LogP contribution in [0.4, 0.5) is 5.13 Å². The molecule has 158 valence electrons. The Kier molecular flexibility index (Phi) is 6.53. The highest BCUT2D eigenvalue weighted by molar-refractivity contribution is 7.22. The summed E-state index contributed by atoms with van der Waals surface area (Å²) >= 11 is 1.79. The number of aryl methyl sites for hydroxylation is 1. The van der Waals surface area contributed by atoms with Crippen LogP contribution in [0.5, 0.6) is 5.75 Å². The molecule has 1 aromatic heterocycles. The second-order valence-corrected chi connectivity index (χ2v) is 8.79. The number of fused-ring (bicyclic) bond motifs is 1. The third-order valence-corrected chi connectivity index (χ3v) is 6.64. The smallest absolute Gasteiger partial charge is 0.338 e. The van der Waals surface area contributed by atoms with Crippen molar-refractivity contribution in [2.24, 2.45) is 5.92 Å². The van der Waals surface area contributed by atoms with E-state index in [9.17, 15) is 4.79 Å². The van der Waals surface area contributed by atoms with Crippen LogP contribution >= 0.6 is 11.3 Å². The predicted octanol–water partition coefficient (Wildman–Crippen LogP) is 5.47. The van der Waals surface area contributed by atoms with Gasteiger partial charge in [0.1, 0.15) is 5.75 Å².